The molecule has 0 aliphatic carbocycles. The lowest BCUT2D eigenvalue weighted by atomic mass is 10.0. The first-order valence-corrected chi connectivity index (χ1v) is 9.65. The van der Waals surface area contributed by atoms with E-state index in [1.807, 2.05) is 11.7 Å². The van der Waals surface area contributed by atoms with Gasteiger partial charge in [-0.3, -0.25) is 9.58 Å². The van der Waals surface area contributed by atoms with Gasteiger partial charge in [0.25, 0.3) is 0 Å². The van der Waals surface area contributed by atoms with Gasteiger partial charge in [-0.1, -0.05) is 29.8 Å². The molecule has 0 unspecified atom stereocenters. The third-order valence-electron chi connectivity index (χ3n) is 5.29. The summed E-state index contributed by atoms with van der Waals surface area (Å²) in [5.74, 6) is 1.66. The van der Waals surface area contributed by atoms with E-state index in [1.165, 1.54) is 16.7 Å². The molecular weight excluding hydrogens is 350 g/mol. The minimum atomic E-state index is 0.645. The Morgan fingerprint density at radius 2 is 1.89 bits per heavy atom. The van der Waals surface area contributed by atoms with Crippen molar-refractivity contribution in [3.8, 4) is 22.6 Å². The van der Waals surface area contributed by atoms with Crippen LogP contribution in [0.15, 0.2) is 42.6 Å². The van der Waals surface area contributed by atoms with Gasteiger partial charge < -0.3 is 9.47 Å². The number of methoxy groups -OCH3 is 1. The summed E-state index contributed by atoms with van der Waals surface area (Å²) >= 11 is 0. The largest absolute Gasteiger partial charge is 0.493 e. The van der Waals surface area contributed by atoms with Gasteiger partial charge >= 0.3 is 0 Å². The first kappa shape index (κ1) is 18.6. The molecule has 0 fully saturated rings. The molecule has 0 bridgehead atoms. The molecule has 0 saturated carbocycles. The molecule has 4 rings (SSSR count). The van der Waals surface area contributed by atoms with Crippen LogP contribution in [0.3, 0.4) is 0 Å². The maximum absolute atomic E-state index is 6.10. The molecule has 28 heavy (non-hydrogen) atoms. The molecule has 5 nitrogen and oxygen atoms in total. The van der Waals surface area contributed by atoms with Crippen LogP contribution in [0.4, 0.5) is 0 Å². The highest BCUT2D eigenvalue weighted by Crippen LogP contribution is 2.38. The van der Waals surface area contributed by atoms with Crippen LogP contribution in [0.1, 0.15) is 22.4 Å². The molecule has 5 heteroatoms. The topological polar surface area (TPSA) is 39.5 Å². The Balaban J connectivity index is 1.67. The number of hydrogen-bond acceptors (Lipinski definition) is 4. The summed E-state index contributed by atoms with van der Waals surface area (Å²) in [5.41, 5.74) is 7.09. The Hall–Kier alpha value is -2.79. The average Bonchev–Trinajstić information content (AvgIpc) is 2.87. The monoisotopic (exact) mass is 377 g/mol. The van der Waals surface area contributed by atoms with Gasteiger partial charge in [0.15, 0.2) is 11.5 Å². The summed E-state index contributed by atoms with van der Waals surface area (Å²) in [5, 5.41) is 4.47. The van der Waals surface area contributed by atoms with Crippen LogP contribution in [0, 0.1) is 13.8 Å². The molecule has 1 aliphatic rings. The second kappa shape index (κ2) is 7.68. The average molecular weight is 377 g/mol. The van der Waals surface area contributed by atoms with Gasteiger partial charge in [-0.15, -0.1) is 0 Å². The second-order valence-electron chi connectivity index (χ2n) is 7.51. The fourth-order valence-electron chi connectivity index (χ4n) is 3.78. The highest BCUT2D eigenvalue weighted by Gasteiger charge is 2.21. The second-order valence-corrected chi connectivity index (χ2v) is 7.51. The van der Waals surface area contributed by atoms with Gasteiger partial charge in [0.2, 0.25) is 0 Å². The van der Waals surface area contributed by atoms with Crippen LogP contribution in [-0.2, 0) is 20.1 Å². The summed E-state index contributed by atoms with van der Waals surface area (Å²) < 4.78 is 13.6. The number of ether oxygens (including phenoxy) is 2. The molecule has 2 aromatic carbocycles. The van der Waals surface area contributed by atoms with Gasteiger partial charge in [-0.05, 0) is 37.1 Å². The molecule has 146 valence electrons. The number of fused-ring (bicyclic) bond motifs is 1. The third kappa shape index (κ3) is 3.76. The van der Waals surface area contributed by atoms with E-state index < -0.39 is 0 Å². The summed E-state index contributed by atoms with van der Waals surface area (Å²) in [6.07, 6.45) is 2.10. The molecule has 1 aliphatic heterocycles. The molecule has 1 aromatic heterocycles. The number of hydrogen-bond donors (Lipinski definition) is 0. The quantitative estimate of drug-likeness (QED) is 0.686. The van der Waals surface area contributed by atoms with Crippen molar-refractivity contribution in [2.75, 3.05) is 20.3 Å². The fraction of sp³-hybridized carbons (Fsp3) is 0.348. The number of benzene rings is 2. The molecule has 3 aromatic rings. The highest BCUT2D eigenvalue weighted by atomic mass is 16.5. The number of aromatic nitrogens is 2. The van der Waals surface area contributed by atoms with E-state index in [0.29, 0.717) is 6.61 Å². The standard InChI is InChI=1S/C23H27N3O2/c1-16-5-7-18(8-6-16)19-11-20-14-26(15-21-13-25(3)24-17(21)2)9-10-28-23(20)22(12-19)27-4/h5-8,11-13H,9-10,14-15H2,1-4H3. The normalized spacial score (nSPS) is 14.3. The smallest absolute Gasteiger partial charge is 0.165 e. The van der Waals surface area contributed by atoms with E-state index in [-0.39, 0.29) is 0 Å². The Morgan fingerprint density at radius 3 is 2.57 bits per heavy atom. The Labute approximate surface area is 166 Å². The minimum Gasteiger partial charge on any atom is -0.493 e. The maximum atomic E-state index is 6.10. The van der Waals surface area contributed by atoms with Crippen molar-refractivity contribution in [3.63, 3.8) is 0 Å². The zero-order valence-electron chi connectivity index (χ0n) is 17.0. The van der Waals surface area contributed by atoms with Gasteiger partial charge in [0, 0.05) is 44.0 Å². The van der Waals surface area contributed by atoms with E-state index in [1.54, 1.807) is 7.11 Å². The molecule has 0 spiro atoms. The summed E-state index contributed by atoms with van der Waals surface area (Å²) in [6.45, 7) is 7.36. The summed E-state index contributed by atoms with van der Waals surface area (Å²) in [6, 6.07) is 12.9. The lowest BCUT2D eigenvalue weighted by Gasteiger charge is -2.19. The molecule has 2 heterocycles. The first-order chi connectivity index (χ1) is 13.5. The molecule has 0 radical (unpaired) electrons. The fourth-order valence-corrected chi connectivity index (χ4v) is 3.78. The predicted octanol–water partition coefficient (Wildman–Crippen LogP) is 4.11. The van der Waals surface area contributed by atoms with Crippen LogP contribution < -0.4 is 9.47 Å². The number of rotatable bonds is 4. The van der Waals surface area contributed by atoms with Crippen LogP contribution in [0.25, 0.3) is 11.1 Å². The van der Waals surface area contributed by atoms with Crippen molar-refractivity contribution in [2.45, 2.75) is 26.9 Å². The maximum Gasteiger partial charge on any atom is 0.165 e. The van der Waals surface area contributed by atoms with Crippen molar-refractivity contribution in [1.82, 2.24) is 14.7 Å². The predicted molar refractivity (Wildman–Crippen MR) is 111 cm³/mol. The van der Waals surface area contributed by atoms with Gasteiger partial charge in [0.05, 0.1) is 12.8 Å². The lowest BCUT2D eigenvalue weighted by Crippen LogP contribution is -2.25. The van der Waals surface area contributed by atoms with E-state index in [9.17, 15) is 0 Å². The lowest BCUT2D eigenvalue weighted by molar-refractivity contribution is 0.216. The van der Waals surface area contributed by atoms with Crippen molar-refractivity contribution >= 4 is 0 Å². The molecule has 0 amide bonds. The van der Waals surface area contributed by atoms with E-state index in [2.05, 4.69) is 66.4 Å². The SMILES string of the molecule is COc1cc(-c2ccc(C)cc2)cc2c1OCCN(Cc1cn(C)nc1C)C2. The molecule has 0 atom stereocenters. The van der Waals surface area contributed by atoms with Gasteiger partial charge in [-0.25, -0.2) is 0 Å². The first-order valence-electron chi connectivity index (χ1n) is 9.65. The summed E-state index contributed by atoms with van der Waals surface area (Å²) in [7, 11) is 3.68. The van der Waals surface area contributed by atoms with Crippen molar-refractivity contribution in [1.29, 1.82) is 0 Å². The Kier molecular flexibility index (Phi) is 5.09. The highest BCUT2D eigenvalue weighted by molar-refractivity contribution is 5.69. The zero-order chi connectivity index (χ0) is 19.7. The molecular formula is C23H27N3O2. The van der Waals surface area contributed by atoms with Crippen molar-refractivity contribution in [3.05, 3.63) is 65.0 Å². The summed E-state index contributed by atoms with van der Waals surface area (Å²) in [4.78, 5) is 2.41. The van der Waals surface area contributed by atoms with E-state index in [0.717, 1.165) is 48.0 Å². The number of nitrogens with zero attached hydrogens (tertiary/aromatic N) is 3. The van der Waals surface area contributed by atoms with Crippen molar-refractivity contribution in [2.24, 2.45) is 7.05 Å². The van der Waals surface area contributed by atoms with Crippen LogP contribution >= 0.6 is 0 Å². The van der Waals surface area contributed by atoms with Gasteiger partial charge in [0.1, 0.15) is 6.61 Å². The van der Waals surface area contributed by atoms with Crippen LogP contribution in [-0.4, -0.2) is 34.9 Å². The molecule has 0 saturated heterocycles. The minimum absolute atomic E-state index is 0.645. The number of aryl methyl sites for hydroxylation is 3. The van der Waals surface area contributed by atoms with E-state index >= 15 is 0 Å². The third-order valence-corrected chi connectivity index (χ3v) is 5.29. The molecule has 0 N–H and O–H groups in total. The zero-order valence-corrected chi connectivity index (χ0v) is 17.0. The Morgan fingerprint density at radius 1 is 1.11 bits per heavy atom. The van der Waals surface area contributed by atoms with Crippen molar-refractivity contribution < 1.29 is 9.47 Å². The van der Waals surface area contributed by atoms with Gasteiger partial charge in [-0.2, -0.15) is 5.10 Å². The van der Waals surface area contributed by atoms with Crippen LogP contribution in [0.2, 0.25) is 0 Å². The van der Waals surface area contributed by atoms with E-state index in [4.69, 9.17) is 9.47 Å². The Bertz CT molecular complexity index is 976. The van der Waals surface area contributed by atoms with Crippen LogP contribution in [0.5, 0.6) is 11.5 Å².